The first-order valence-corrected chi connectivity index (χ1v) is 8.25. The number of benzene rings is 2. The van der Waals surface area contributed by atoms with E-state index in [1.165, 1.54) is 7.11 Å². The highest BCUT2D eigenvalue weighted by Gasteiger charge is 2.29. The molecule has 1 fully saturated rings. The number of phenolic OH excluding ortho intramolecular Hbond substituents is 1. The van der Waals surface area contributed by atoms with Gasteiger partial charge in [0, 0.05) is 18.8 Å². The monoisotopic (exact) mass is 341 g/mol. The van der Waals surface area contributed by atoms with Crippen molar-refractivity contribution in [1.29, 1.82) is 0 Å². The summed E-state index contributed by atoms with van der Waals surface area (Å²) in [7, 11) is 1.53. The number of aliphatic hydroxyl groups is 2. The molecular weight excluding hydrogens is 318 g/mol. The lowest BCUT2D eigenvalue weighted by Crippen LogP contribution is -2.22. The number of ether oxygens (including phenoxy) is 1. The molecule has 1 aliphatic heterocycles. The lowest BCUT2D eigenvalue weighted by Gasteiger charge is -2.17. The van der Waals surface area contributed by atoms with Crippen LogP contribution in [0.3, 0.4) is 0 Å². The van der Waals surface area contributed by atoms with Gasteiger partial charge in [-0.1, -0.05) is 24.3 Å². The van der Waals surface area contributed by atoms with Crippen LogP contribution < -0.4 is 9.64 Å². The average molecular weight is 341 g/mol. The largest absolute Gasteiger partial charge is 0.504 e. The van der Waals surface area contributed by atoms with E-state index in [1.54, 1.807) is 6.07 Å². The van der Waals surface area contributed by atoms with Gasteiger partial charge in [-0.15, -0.1) is 0 Å². The Morgan fingerprint density at radius 1 is 1.00 bits per heavy atom. The van der Waals surface area contributed by atoms with Crippen LogP contribution in [0.15, 0.2) is 36.4 Å². The molecule has 132 valence electrons. The summed E-state index contributed by atoms with van der Waals surface area (Å²) in [5, 5.41) is 29.2. The number of nitrogens with zero attached hydrogens (tertiary/aromatic N) is 1. The molecule has 25 heavy (non-hydrogen) atoms. The van der Waals surface area contributed by atoms with E-state index in [0.717, 1.165) is 22.4 Å². The van der Waals surface area contributed by atoms with E-state index in [-0.39, 0.29) is 5.75 Å². The second-order valence-electron chi connectivity index (χ2n) is 6.35. The van der Waals surface area contributed by atoms with Crippen LogP contribution in [0.2, 0.25) is 0 Å². The molecule has 0 bridgehead atoms. The van der Waals surface area contributed by atoms with Crippen molar-refractivity contribution in [3.63, 3.8) is 0 Å². The van der Waals surface area contributed by atoms with Crippen LogP contribution in [-0.4, -0.2) is 47.7 Å². The van der Waals surface area contributed by atoms with Crippen LogP contribution in [0.5, 0.6) is 11.5 Å². The molecule has 2 unspecified atom stereocenters. The average Bonchev–Trinajstić information content (AvgIpc) is 2.95. The normalized spacial score (nSPS) is 20.4. The van der Waals surface area contributed by atoms with E-state index >= 15 is 0 Å². The lowest BCUT2D eigenvalue weighted by atomic mass is 10.1. The first-order valence-electron chi connectivity index (χ1n) is 8.25. The first-order chi connectivity index (χ1) is 12.0. The van der Waals surface area contributed by atoms with Crippen LogP contribution in [0, 0.1) is 6.92 Å². The van der Waals surface area contributed by atoms with Crippen molar-refractivity contribution in [1.82, 2.24) is 0 Å². The first kappa shape index (κ1) is 17.3. The highest BCUT2D eigenvalue weighted by Crippen LogP contribution is 2.31. The summed E-state index contributed by atoms with van der Waals surface area (Å²) in [6, 6.07) is 11.6. The fourth-order valence-electron chi connectivity index (χ4n) is 2.99. The molecular formula is C20H23NO4. The van der Waals surface area contributed by atoms with Crippen LogP contribution in [0.1, 0.15) is 16.7 Å². The maximum atomic E-state index is 9.89. The number of aliphatic hydroxyl groups excluding tert-OH is 2. The molecule has 1 heterocycles. The third-order valence-corrected chi connectivity index (χ3v) is 4.49. The zero-order chi connectivity index (χ0) is 18.0. The van der Waals surface area contributed by atoms with Gasteiger partial charge in [0.1, 0.15) is 0 Å². The minimum Gasteiger partial charge on any atom is -0.504 e. The Labute approximate surface area is 147 Å². The molecule has 2 atom stereocenters. The Morgan fingerprint density at radius 3 is 2.20 bits per heavy atom. The summed E-state index contributed by atoms with van der Waals surface area (Å²) in [6.07, 6.45) is 2.58. The topological polar surface area (TPSA) is 73.2 Å². The van der Waals surface area contributed by atoms with Crippen molar-refractivity contribution >= 4 is 17.8 Å². The summed E-state index contributed by atoms with van der Waals surface area (Å²) in [6.45, 7) is 2.73. The molecule has 0 saturated carbocycles. The summed E-state index contributed by atoms with van der Waals surface area (Å²) >= 11 is 0. The maximum absolute atomic E-state index is 9.89. The summed E-state index contributed by atoms with van der Waals surface area (Å²) in [5.74, 6) is 0.625. The molecule has 0 spiro atoms. The Bertz CT molecular complexity index is 760. The fraction of sp³-hybridized carbons (Fsp3) is 0.300. The van der Waals surface area contributed by atoms with Crippen LogP contribution in [-0.2, 0) is 0 Å². The van der Waals surface area contributed by atoms with Crippen molar-refractivity contribution in [2.24, 2.45) is 0 Å². The minimum atomic E-state index is -0.688. The van der Waals surface area contributed by atoms with Crippen molar-refractivity contribution in [2.45, 2.75) is 19.1 Å². The van der Waals surface area contributed by atoms with Gasteiger partial charge in [0.25, 0.3) is 0 Å². The van der Waals surface area contributed by atoms with Gasteiger partial charge in [-0.05, 0) is 47.9 Å². The zero-order valence-electron chi connectivity index (χ0n) is 14.4. The highest BCUT2D eigenvalue weighted by atomic mass is 16.5. The predicted molar refractivity (Wildman–Crippen MR) is 99.0 cm³/mol. The number of anilines is 1. The molecule has 5 nitrogen and oxygen atoms in total. The number of aryl methyl sites for hydroxylation is 1. The molecule has 3 N–H and O–H groups in total. The third kappa shape index (κ3) is 3.78. The van der Waals surface area contributed by atoms with E-state index in [2.05, 4.69) is 0 Å². The Kier molecular flexibility index (Phi) is 4.97. The molecule has 2 aromatic rings. The van der Waals surface area contributed by atoms with Gasteiger partial charge in [-0.2, -0.15) is 0 Å². The maximum Gasteiger partial charge on any atom is 0.161 e. The molecule has 0 aliphatic carbocycles. The van der Waals surface area contributed by atoms with Crippen molar-refractivity contribution < 1.29 is 20.1 Å². The zero-order valence-corrected chi connectivity index (χ0v) is 14.4. The predicted octanol–water partition coefficient (Wildman–Crippen LogP) is 2.42. The van der Waals surface area contributed by atoms with Crippen molar-refractivity contribution in [2.75, 3.05) is 25.1 Å². The van der Waals surface area contributed by atoms with E-state index in [4.69, 9.17) is 4.74 Å². The Balaban J connectivity index is 1.73. The van der Waals surface area contributed by atoms with Gasteiger partial charge in [-0.3, -0.25) is 0 Å². The van der Waals surface area contributed by atoms with Gasteiger partial charge in [0.15, 0.2) is 11.5 Å². The standard InChI is InChI=1S/C20H23NO4/c1-13-9-15(10-19(25-2)20(13)24)4-3-14-5-7-16(8-6-14)21-11-17(22)18(23)12-21/h3-10,17-18,22-24H,11-12H2,1-2H3/b4-3+. The molecule has 2 aromatic carbocycles. The van der Waals surface area contributed by atoms with Crippen LogP contribution >= 0.6 is 0 Å². The fourth-order valence-corrected chi connectivity index (χ4v) is 2.99. The number of hydrogen-bond acceptors (Lipinski definition) is 5. The van der Waals surface area contributed by atoms with Crippen molar-refractivity contribution in [3.8, 4) is 11.5 Å². The van der Waals surface area contributed by atoms with Gasteiger partial charge in [-0.25, -0.2) is 0 Å². The highest BCUT2D eigenvalue weighted by molar-refractivity contribution is 5.72. The third-order valence-electron chi connectivity index (χ3n) is 4.49. The van der Waals surface area contributed by atoms with Gasteiger partial charge in [0.05, 0.1) is 19.3 Å². The minimum absolute atomic E-state index is 0.166. The molecule has 3 rings (SSSR count). The SMILES string of the molecule is COc1cc(/C=C/c2ccc(N3CC(O)C(O)C3)cc2)cc(C)c1O. The number of phenols is 1. The molecule has 0 aromatic heterocycles. The van der Waals surface area contributed by atoms with E-state index in [0.29, 0.717) is 18.8 Å². The molecule has 5 heteroatoms. The van der Waals surface area contributed by atoms with Gasteiger partial charge >= 0.3 is 0 Å². The molecule has 1 aliphatic rings. The Morgan fingerprint density at radius 2 is 1.60 bits per heavy atom. The summed E-state index contributed by atoms with van der Waals surface area (Å²) < 4.78 is 5.18. The summed E-state index contributed by atoms with van der Waals surface area (Å²) in [4.78, 5) is 1.97. The number of hydrogen-bond donors (Lipinski definition) is 3. The summed E-state index contributed by atoms with van der Waals surface area (Å²) in [5.41, 5.74) is 3.73. The van der Waals surface area contributed by atoms with Crippen LogP contribution in [0.4, 0.5) is 5.69 Å². The second kappa shape index (κ2) is 7.17. The number of aromatic hydroxyl groups is 1. The van der Waals surface area contributed by atoms with E-state index < -0.39 is 12.2 Å². The number of β-amino-alcohol motifs (C(OH)–C–C–N with tert-alkyl or cyclic N) is 2. The van der Waals surface area contributed by atoms with E-state index in [9.17, 15) is 15.3 Å². The lowest BCUT2D eigenvalue weighted by molar-refractivity contribution is 0.0572. The second-order valence-corrected chi connectivity index (χ2v) is 6.35. The molecule has 1 saturated heterocycles. The van der Waals surface area contributed by atoms with Crippen molar-refractivity contribution in [3.05, 3.63) is 53.1 Å². The number of methoxy groups -OCH3 is 1. The van der Waals surface area contributed by atoms with Gasteiger partial charge in [0.2, 0.25) is 0 Å². The Hall–Kier alpha value is -2.50. The molecule has 0 radical (unpaired) electrons. The van der Waals surface area contributed by atoms with Crippen LogP contribution in [0.25, 0.3) is 12.2 Å². The van der Waals surface area contributed by atoms with E-state index in [1.807, 2.05) is 54.3 Å². The quantitative estimate of drug-likeness (QED) is 0.745. The molecule has 0 amide bonds. The smallest absolute Gasteiger partial charge is 0.161 e. The number of rotatable bonds is 4. The van der Waals surface area contributed by atoms with Gasteiger partial charge < -0.3 is 25.0 Å².